The maximum Gasteiger partial charge on any atom is 0.300 e. The smallest absolute Gasteiger partial charge is 0.300 e. The number of carbonyl (C=O) groups is 5. The maximum atomic E-state index is 11.4. The van der Waals surface area contributed by atoms with Gasteiger partial charge in [-0.1, -0.05) is 18.5 Å². The number of halogens is 4. The molecule has 6 aliphatic heterocycles. The van der Waals surface area contributed by atoms with Crippen LogP contribution in [-0.4, -0.2) is 147 Å². The fourth-order valence-corrected chi connectivity index (χ4v) is 11.6. The van der Waals surface area contributed by atoms with E-state index in [4.69, 9.17) is 62.0 Å². The van der Waals surface area contributed by atoms with E-state index in [0.29, 0.717) is 79.2 Å². The van der Waals surface area contributed by atoms with Gasteiger partial charge in [0.15, 0.2) is 0 Å². The van der Waals surface area contributed by atoms with Crippen molar-refractivity contribution in [2.75, 3.05) is 90.5 Å². The summed E-state index contributed by atoms with van der Waals surface area (Å²) in [6.45, 7) is 32.4. The lowest BCUT2D eigenvalue weighted by molar-refractivity contribution is -0.134. The monoisotopic (exact) mass is 1570 g/mol. The molecule has 0 radical (unpaired) electrons. The Labute approximate surface area is 659 Å². The van der Waals surface area contributed by atoms with Crippen LogP contribution >= 0.6 is 46.4 Å². The second-order valence-electron chi connectivity index (χ2n) is 27.6. The SMILES string of the molecule is CC(=O)O.CC1CN1.CCN(C(C)C)C(C)C.Cc1cnc(Cl)nc1Cl.Cc1cnc(Nc2ccc3c(c2)CCC(=O)N3)nc1N1CC1C.Cc1cnc(Nc2ccc3c(c2)CCC(=O)N3)nc1NC(C)CCl.Cc1cnc(Nc2ccc3c(c2)CCC(=O)N3)nc1NCC(C)Cl.Nc1ccc2c(c1)CCC(=O)N2. The number of hydrogen-bond acceptors (Lipinski definition) is 22. The van der Waals surface area contributed by atoms with Gasteiger partial charge in [-0.25, -0.2) is 24.9 Å². The molecule has 0 saturated carbocycles. The Morgan fingerprint density at radius 3 is 1.32 bits per heavy atom. The number of amides is 4. The highest BCUT2D eigenvalue weighted by Gasteiger charge is 2.32. The van der Waals surface area contributed by atoms with Crippen LogP contribution in [0.15, 0.2) is 97.6 Å². The Hall–Kier alpha value is -9.77. The van der Waals surface area contributed by atoms with Crippen LogP contribution < -0.4 is 63.8 Å². The van der Waals surface area contributed by atoms with Gasteiger partial charge in [0.1, 0.15) is 22.6 Å². The summed E-state index contributed by atoms with van der Waals surface area (Å²) in [5, 5.41) is 38.8. The van der Waals surface area contributed by atoms with Gasteiger partial charge in [0.05, 0.1) is 0 Å². The van der Waals surface area contributed by atoms with Crippen molar-refractivity contribution in [3.05, 3.63) is 153 Å². The number of nitrogens with two attached hydrogens (primary N) is 1. The summed E-state index contributed by atoms with van der Waals surface area (Å²) in [6, 6.07) is 26.0. The van der Waals surface area contributed by atoms with E-state index in [1.54, 1.807) is 24.7 Å². The molecule has 584 valence electrons. The fourth-order valence-electron chi connectivity index (χ4n) is 11.2. The third kappa shape index (κ3) is 29.3. The molecule has 0 bridgehead atoms. The molecule has 0 aliphatic carbocycles. The number of aliphatic carboxylic acids is 1. The minimum Gasteiger partial charge on any atom is -0.481 e. The van der Waals surface area contributed by atoms with Gasteiger partial charge < -0.3 is 68.9 Å². The van der Waals surface area contributed by atoms with Gasteiger partial charge in [0.2, 0.25) is 46.8 Å². The van der Waals surface area contributed by atoms with Crippen molar-refractivity contribution in [2.45, 2.75) is 184 Å². The van der Waals surface area contributed by atoms with Crippen molar-refractivity contribution in [3.63, 3.8) is 0 Å². The molecule has 14 rings (SSSR count). The summed E-state index contributed by atoms with van der Waals surface area (Å²) in [5.41, 5.74) is 21.0. The van der Waals surface area contributed by atoms with E-state index >= 15 is 0 Å². The third-order valence-electron chi connectivity index (χ3n) is 17.2. The first-order valence-electron chi connectivity index (χ1n) is 36.4. The van der Waals surface area contributed by atoms with Crippen molar-refractivity contribution in [1.29, 1.82) is 0 Å². The Balaban J connectivity index is 0.000000185. The average Bonchev–Trinajstić information content (AvgIpc) is 1.73. The zero-order valence-corrected chi connectivity index (χ0v) is 67.5. The largest absolute Gasteiger partial charge is 0.481 e. The van der Waals surface area contributed by atoms with E-state index in [0.717, 1.165) is 159 Å². The summed E-state index contributed by atoms with van der Waals surface area (Å²) in [6.07, 6.45) is 12.2. The summed E-state index contributed by atoms with van der Waals surface area (Å²) in [7, 11) is 0. The van der Waals surface area contributed by atoms with Crippen molar-refractivity contribution in [3.8, 4) is 0 Å². The molecule has 31 heteroatoms. The van der Waals surface area contributed by atoms with Gasteiger partial charge >= 0.3 is 0 Å². The van der Waals surface area contributed by atoms with Crippen molar-refractivity contribution >= 4 is 157 Å². The van der Waals surface area contributed by atoms with E-state index in [9.17, 15) is 19.2 Å². The second-order valence-corrected chi connectivity index (χ2v) is 29.3. The van der Waals surface area contributed by atoms with Gasteiger partial charge in [0, 0.05) is 186 Å². The molecule has 6 aliphatic rings. The maximum absolute atomic E-state index is 11.4. The van der Waals surface area contributed by atoms with Crippen molar-refractivity contribution < 1.29 is 29.1 Å². The lowest BCUT2D eigenvalue weighted by Gasteiger charge is -2.28. The van der Waals surface area contributed by atoms with Crippen LogP contribution in [0.5, 0.6) is 0 Å². The molecule has 13 N–H and O–H groups in total. The topological polar surface area (TPSA) is 371 Å². The number of carboxylic acids is 1. The minimum absolute atomic E-state index is 0.0200. The molecule has 4 aromatic heterocycles. The average molecular weight is 1570 g/mol. The number of rotatable bonds is 16. The Kier molecular flexibility index (Phi) is 33.5. The molecule has 10 heterocycles. The van der Waals surface area contributed by atoms with Crippen LogP contribution in [0.3, 0.4) is 0 Å². The minimum atomic E-state index is -0.833. The van der Waals surface area contributed by atoms with Crippen LogP contribution in [0.25, 0.3) is 0 Å². The molecule has 2 fully saturated rings. The molecule has 0 spiro atoms. The van der Waals surface area contributed by atoms with E-state index in [2.05, 4.69) is 157 Å². The van der Waals surface area contributed by atoms with Crippen molar-refractivity contribution in [1.82, 2.24) is 50.1 Å². The Morgan fingerprint density at radius 2 is 0.963 bits per heavy atom. The van der Waals surface area contributed by atoms with Crippen LogP contribution in [-0.2, 0) is 49.7 Å². The lowest BCUT2D eigenvalue weighted by Crippen LogP contribution is -2.36. The molecule has 4 unspecified atom stereocenters. The highest BCUT2D eigenvalue weighted by molar-refractivity contribution is 6.32. The number of hydrogen-bond donors (Lipinski definition) is 12. The van der Waals surface area contributed by atoms with Crippen LogP contribution in [0.1, 0.15) is 139 Å². The number of anilines is 14. The number of aryl methyl sites for hydroxylation is 8. The number of nitrogens with zero attached hydrogens (tertiary/aromatic N) is 10. The van der Waals surface area contributed by atoms with Crippen LogP contribution in [0.4, 0.5) is 80.8 Å². The molecule has 4 aromatic carbocycles. The Bertz CT molecular complexity index is 4400. The van der Waals surface area contributed by atoms with Gasteiger partial charge in [0.25, 0.3) is 5.97 Å². The first-order valence-corrected chi connectivity index (χ1v) is 38.1. The standard InChI is InChI=1S/2C17H20ClN5O.C17H19N5O.C9H10N2O.C8H19N.C5H4Cl2N2.C3H7N.C2H4O2/c1-10-9-19-17(23-16(10)20-11(2)8-18)21-13-4-5-14-12(7-13)3-6-15(24)22-14;1-10-8-20-17(23-16(10)19-9-11(2)18)21-13-4-5-14-12(7-13)3-6-15(24)22-14;1-10-8-18-17(21-16(10)22-9-11(22)2)19-13-4-5-14-12(7-13)3-6-15(23)20-14;10-7-2-3-8-6(5-7)1-4-9(12)11-8;1-6-9(7(2)3)8(4)5;1-3-2-8-5(7)9-4(3)6;1-3-2-4-3;1-2(3)4/h4-5,7,9,11H,3,6,8H2,1-2H3,(H,22,24)(H2,19,20,21,23);4-5,7-8,11H,3,6,9H2,1-2H3,(H,22,24)(H2,19,20,21,23);4-5,7-8,11H,3,6,9H2,1-2H3,(H,20,23)(H,18,19,21);2-3,5H,1,4,10H2,(H,11,12);7-8H,6H2,1-5H3;2H,1H3;3-4H,2H2,1H3;1H3,(H,3,4). The summed E-state index contributed by atoms with van der Waals surface area (Å²) < 4.78 is 0. The number of nitrogen functional groups attached to an aromatic ring is 1. The second kappa shape index (κ2) is 42.3. The fraction of sp³-hybridized carbons (Fsp3) is 0.423. The van der Waals surface area contributed by atoms with E-state index in [1.165, 1.54) is 6.54 Å². The number of carboxylic acid groups (broad SMARTS) is 1. The zero-order chi connectivity index (χ0) is 79.6. The van der Waals surface area contributed by atoms with E-state index < -0.39 is 5.97 Å². The molecule has 8 aromatic rings. The summed E-state index contributed by atoms with van der Waals surface area (Å²) in [4.78, 5) is 93.0. The molecular weight excluding hydrogens is 1470 g/mol. The number of aromatic nitrogens is 8. The lowest BCUT2D eigenvalue weighted by atomic mass is 10.0. The number of nitrogens with one attached hydrogen (secondary N) is 10. The third-order valence-corrected chi connectivity index (χ3v) is 18.3. The highest BCUT2D eigenvalue weighted by atomic mass is 35.5. The van der Waals surface area contributed by atoms with Crippen LogP contribution in [0, 0.1) is 27.7 Å². The van der Waals surface area contributed by atoms with E-state index in [1.807, 2.05) is 108 Å². The van der Waals surface area contributed by atoms with E-state index in [-0.39, 0.29) is 40.3 Å². The van der Waals surface area contributed by atoms with Gasteiger partial charge in [-0.3, -0.25) is 28.9 Å². The molecule has 4 atom stereocenters. The Morgan fingerprint density at radius 1 is 0.587 bits per heavy atom. The molecule has 109 heavy (non-hydrogen) atoms. The van der Waals surface area contributed by atoms with Gasteiger partial charge in [-0.05, 0) is 222 Å². The number of carbonyl (C=O) groups excluding carboxylic acids is 4. The van der Waals surface area contributed by atoms with Crippen LogP contribution in [0.2, 0.25) is 10.4 Å². The predicted molar refractivity (Wildman–Crippen MR) is 443 cm³/mol. The first-order chi connectivity index (χ1) is 51.8. The molecule has 27 nitrogen and oxygen atoms in total. The predicted octanol–water partition coefficient (Wildman–Crippen LogP) is 15.0. The summed E-state index contributed by atoms with van der Waals surface area (Å²) in [5.74, 6) is 4.15. The highest BCUT2D eigenvalue weighted by Crippen LogP contribution is 2.33. The number of alkyl halides is 2. The van der Waals surface area contributed by atoms with Crippen molar-refractivity contribution in [2.24, 2.45) is 0 Å². The molecule has 4 amide bonds. The first kappa shape index (κ1) is 86.5. The molecule has 2 saturated heterocycles. The zero-order valence-electron chi connectivity index (χ0n) is 64.4. The normalized spacial score (nSPS) is 15.6. The summed E-state index contributed by atoms with van der Waals surface area (Å²) >= 11 is 22.8. The quantitative estimate of drug-likeness (QED) is 0.0141. The van der Waals surface area contributed by atoms with Gasteiger partial charge in [-0.2, -0.15) is 15.0 Å². The number of benzene rings is 4. The number of fused-ring (bicyclic) bond motifs is 4. The van der Waals surface area contributed by atoms with Gasteiger partial charge in [-0.15, -0.1) is 23.2 Å². The molecular formula is C78H103Cl4N21O6.